The van der Waals surface area contributed by atoms with Crippen LogP contribution in [0.25, 0.3) is 10.9 Å². The Morgan fingerprint density at radius 2 is 2.13 bits per heavy atom. The van der Waals surface area contributed by atoms with Crippen LogP contribution in [0.3, 0.4) is 0 Å². The van der Waals surface area contributed by atoms with Crippen LogP contribution in [0, 0.1) is 6.92 Å². The van der Waals surface area contributed by atoms with Crippen LogP contribution >= 0.6 is 15.9 Å². The Morgan fingerprint density at radius 1 is 1.33 bits per heavy atom. The quantitative estimate of drug-likeness (QED) is 0.832. The molecule has 2 nitrogen and oxygen atoms in total. The first-order valence-corrected chi connectivity index (χ1v) is 5.76. The number of hydrogen-bond donors (Lipinski definition) is 0. The van der Waals surface area contributed by atoms with Gasteiger partial charge in [-0.3, -0.25) is 0 Å². The Hall–Kier alpha value is -0.800. The maximum absolute atomic E-state index is 5.10. The summed E-state index contributed by atoms with van der Waals surface area (Å²) in [5, 5.41) is 1.27. The van der Waals surface area contributed by atoms with Gasteiger partial charge in [0.05, 0.1) is 12.1 Å². The molecule has 0 saturated heterocycles. The zero-order chi connectivity index (χ0) is 10.8. The van der Waals surface area contributed by atoms with E-state index in [-0.39, 0.29) is 0 Å². The summed E-state index contributed by atoms with van der Waals surface area (Å²) in [7, 11) is 1.73. The minimum atomic E-state index is 0.746. The Labute approximate surface area is 98.0 Å². The number of halogens is 1. The van der Waals surface area contributed by atoms with Crippen LogP contribution in [0.2, 0.25) is 0 Å². The van der Waals surface area contributed by atoms with Crippen LogP contribution in [0.15, 0.2) is 28.9 Å². The van der Waals surface area contributed by atoms with Gasteiger partial charge in [-0.15, -0.1) is 0 Å². The molecule has 2 rings (SSSR count). The van der Waals surface area contributed by atoms with Gasteiger partial charge in [-0.05, 0) is 24.6 Å². The van der Waals surface area contributed by atoms with E-state index in [0.29, 0.717) is 0 Å². The zero-order valence-corrected chi connectivity index (χ0v) is 10.5. The van der Waals surface area contributed by atoms with Crippen LogP contribution in [0.5, 0.6) is 0 Å². The van der Waals surface area contributed by atoms with E-state index in [0.717, 1.165) is 17.6 Å². The number of fused-ring (bicyclic) bond motifs is 1. The molecule has 15 heavy (non-hydrogen) atoms. The highest BCUT2D eigenvalue weighted by Crippen LogP contribution is 2.27. The van der Waals surface area contributed by atoms with Crippen molar-refractivity contribution in [1.82, 2.24) is 4.57 Å². The van der Waals surface area contributed by atoms with Gasteiger partial charge in [-0.2, -0.15) is 0 Å². The van der Waals surface area contributed by atoms with Crippen molar-refractivity contribution >= 4 is 26.8 Å². The Kier molecular flexibility index (Phi) is 3.12. The number of ether oxygens (including phenoxy) is 1. The normalized spacial score (nSPS) is 11.1. The van der Waals surface area contributed by atoms with Gasteiger partial charge in [0.25, 0.3) is 0 Å². The summed E-state index contributed by atoms with van der Waals surface area (Å²) in [4.78, 5) is 0. The van der Waals surface area contributed by atoms with E-state index in [4.69, 9.17) is 4.74 Å². The molecule has 80 valence electrons. The van der Waals surface area contributed by atoms with Crippen molar-refractivity contribution in [2.24, 2.45) is 0 Å². The highest BCUT2D eigenvalue weighted by atomic mass is 79.9. The third kappa shape index (κ3) is 1.94. The van der Waals surface area contributed by atoms with Crippen LogP contribution in [-0.2, 0) is 11.3 Å². The first-order chi connectivity index (χ1) is 7.24. The average molecular weight is 268 g/mol. The third-order valence-corrected chi connectivity index (χ3v) is 3.30. The van der Waals surface area contributed by atoms with Crippen LogP contribution in [-0.4, -0.2) is 18.3 Å². The molecule has 1 aromatic heterocycles. The van der Waals surface area contributed by atoms with Crippen LogP contribution < -0.4 is 0 Å². The Bertz CT molecular complexity index is 476. The molecule has 0 aliphatic carbocycles. The molecule has 0 fully saturated rings. The number of aromatic nitrogens is 1. The summed E-state index contributed by atoms with van der Waals surface area (Å²) < 4.78 is 8.49. The molecule has 1 aromatic carbocycles. The van der Waals surface area contributed by atoms with Crippen molar-refractivity contribution in [2.75, 3.05) is 13.7 Å². The van der Waals surface area contributed by atoms with E-state index in [1.165, 1.54) is 16.5 Å². The summed E-state index contributed by atoms with van der Waals surface area (Å²) in [6, 6.07) is 6.37. The Balaban J connectivity index is 2.53. The number of rotatable bonds is 3. The molecule has 0 atom stereocenters. The molecule has 3 heteroatoms. The summed E-state index contributed by atoms with van der Waals surface area (Å²) in [5.74, 6) is 0. The molecule has 0 aliphatic rings. The van der Waals surface area contributed by atoms with Gasteiger partial charge in [0.15, 0.2) is 0 Å². The van der Waals surface area contributed by atoms with Gasteiger partial charge in [-0.25, -0.2) is 0 Å². The third-order valence-electron chi connectivity index (χ3n) is 2.61. The first-order valence-electron chi connectivity index (χ1n) is 4.97. The van der Waals surface area contributed by atoms with Gasteiger partial charge in [0, 0.05) is 29.7 Å². The predicted molar refractivity (Wildman–Crippen MR) is 66.3 cm³/mol. The van der Waals surface area contributed by atoms with Crippen molar-refractivity contribution in [3.8, 4) is 0 Å². The Morgan fingerprint density at radius 3 is 2.87 bits per heavy atom. The second kappa shape index (κ2) is 4.37. The van der Waals surface area contributed by atoms with Crippen LogP contribution in [0.1, 0.15) is 5.56 Å². The lowest BCUT2D eigenvalue weighted by atomic mass is 10.2. The van der Waals surface area contributed by atoms with Crippen molar-refractivity contribution in [2.45, 2.75) is 13.5 Å². The smallest absolute Gasteiger partial charge is 0.0641 e. The fraction of sp³-hybridized carbons (Fsp3) is 0.333. The SMILES string of the molecule is COCCn1ccc2c(Br)ccc(C)c21. The molecule has 0 radical (unpaired) electrons. The fourth-order valence-corrected chi connectivity index (χ4v) is 2.30. The zero-order valence-electron chi connectivity index (χ0n) is 8.96. The molecule has 0 amide bonds. The molecular formula is C12H14BrNO. The van der Waals surface area contributed by atoms with Crippen molar-refractivity contribution in [3.05, 3.63) is 34.4 Å². The molecule has 0 aliphatic heterocycles. The number of nitrogens with zero attached hydrogens (tertiary/aromatic N) is 1. The highest BCUT2D eigenvalue weighted by molar-refractivity contribution is 9.10. The monoisotopic (exact) mass is 267 g/mol. The average Bonchev–Trinajstić information content (AvgIpc) is 2.65. The molecule has 1 heterocycles. The number of methoxy groups -OCH3 is 1. The maximum atomic E-state index is 5.10. The second-order valence-electron chi connectivity index (χ2n) is 3.63. The lowest BCUT2D eigenvalue weighted by Gasteiger charge is -2.07. The largest absolute Gasteiger partial charge is 0.383 e. The number of benzene rings is 1. The van der Waals surface area contributed by atoms with E-state index in [2.05, 4.69) is 51.8 Å². The first kappa shape index (κ1) is 10.7. The molecule has 0 N–H and O–H groups in total. The molecule has 2 aromatic rings. The molecule has 0 saturated carbocycles. The lowest BCUT2D eigenvalue weighted by Crippen LogP contribution is -2.03. The minimum absolute atomic E-state index is 0.746. The summed E-state index contributed by atoms with van der Waals surface area (Å²) in [6.07, 6.45) is 2.11. The second-order valence-corrected chi connectivity index (χ2v) is 4.48. The van der Waals surface area contributed by atoms with Crippen molar-refractivity contribution < 1.29 is 4.74 Å². The van der Waals surface area contributed by atoms with E-state index in [9.17, 15) is 0 Å². The lowest BCUT2D eigenvalue weighted by molar-refractivity contribution is 0.188. The number of aryl methyl sites for hydroxylation is 1. The summed E-state index contributed by atoms with van der Waals surface area (Å²) in [6.45, 7) is 3.78. The van der Waals surface area contributed by atoms with E-state index < -0.39 is 0 Å². The van der Waals surface area contributed by atoms with E-state index >= 15 is 0 Å². The summed E-state index contributed by atoms with van der Waals surface area (Å²) in [5.41, 5.74) is 2.59. The fourth-order valence-electron chi connectivity index (χ4n) is 1.85. The molecule has 0 unspecified atom stereocenters. The molecular weight excluding hydrogens is 254 g/mol. The van der Waals surface area contributed by atoms with Gasteiger partial charge in [0.2, 0.25) is 0 Å². The standard InChI is InChI=1S/C12H14BrNO/c1-9-3-4-11(13)10-5-6-14(12(9)10)7-8-15-2/h3-6H,7-8H2,1-2H3. The minimum Gasteiger partial charge on any atom is -0.383 e. The van der Waals surface area contributed by atoms with Crippen molar-refractivity contribution in [3.63, 3.8) is 0 Å². The highest BCUT2D eigenvalue weighted by Gasteiger charge is 2.06. The van der Waals surface area contributed by atoms with Gasteiger partial charge in [0.1, 0.15) is 0 Å². The van der Waals surface area contributed by atoms with E-state index in [1.54, 1.807) is 7.11 Å². The van der Waals surface area contributed by atoms with E-state index in [1.807, 2.05) is 0 Å². The molecule has 0 spiro atoms. The van der Waals surface area contributed by atoms with Gasteiger partial charge >= 0.3 is 0 Å². The van der Waals surface area contributed by atoms with Gasteiger partial charge in [-0.1, -0.05) is 22.0 Å². The van der Waals surface area contributed by atoms with Gasteiger partial charge < -0.3 is 9.30 Å². The molecule has 0 bridgehead atoms. The summed E-state index contributed by atoms with van der Waals surface area (Å²) >= 11 is 3.57. The maximum Gasteiger partial charge on any atom is 0.0641 e. The topological polar surface area (TPSA) is 14.2 Å². The predicted octanol–water partition coefficient (Wildman–Crippen LogP) is 3.36. The number of hydrogen-bond acceptors (Lipinski definition) is 1. The van der Waals surface area contributed by atoms with Crippen LogP contribution in [0.4, 0.5) is 0 Å². The van der Waals surface area contributed by atoms with Crippen molar-refractivity contribution in [1.29, 1.82) is 0 Å².